The molecule has 0 spiro atoms. The second-order valence-corrected chi connectivity index (χ2v) is 6.72. The van der Waals surface area contributed by atoms with Crippen LogP contribution in [0.3, 0.4) is 0 Å². The van der Waals surface area contributed by atoms with E-state index in [-0.39, 0.29) is 5.41 Å². The molecule has 1 aromatic carbocycles. The predicted octanol–water partition coefficient (Wildman–Crippen LogP) is 4.05. The molecule has 106 valence electrons. The van der Waals surface area contributed by atoms with E-state index in [4.69, 9.17) is 4.74 Å². The number of hydrogen-bond acceptors (Lipinski definition) is 2. The van der Waals surface area contributed by atoms with Crippen LogP contribution in [0, 0.1) is 5.92 Å². The lowest BCUT2D eigenvalue weighted by Crippen LogP contribution is -2.34. The fourth-order valence-electron chi connectivity index (χ4n) is 2.62. The third kappa shape index (κ3) is 3.11. The van der Waals surface area contributed by atoms with Gasteiger partial charge in [-0.25, -0.2) is 0 Å². The summed E-state index contributed by atoms with van der Waals surface area (Å²) in [6.45, 7) is 13.1. The van der Waals surface area contributed by atoms with Crippen molar-refractivity contribution in [3.63, 3.8) is 0 Å². The molecule has 0 saturated heterocycles. The molecular formula is C17H27NO. The molecule has 1 aromatic rings. The highest BCUT2D eigenvalue weighted by molar-refractivity contribution is 5.43. The Kier molecular flexibility index (Phi) is 4.19. The van der Waals surface area contributed by atoms with Gasteiger partial charge in [0.05, 0.1) is 6.61 Å². The van der Waals surface area contributed by atoms with Crippen molar-refractivity contribution in [1.29, 1.82) is 0 Å². The lowest BCUT2D eigenvalue weighted by atomic mass is 9.83. The molecule has 1 N–H and O–H groups in total. The van der Waals surface area contributed by atoms with Gasteiger partial charge in [0.2, 0.25) is 0 Å². The van der Waals surface area contributed by atoms with E-state index in [9.17, 15) is 0 Å². The van der Waals surface area contributed by atoms with E-state index in [1.54, 1.807) is 0 Å². The van der Waals surface area contributed by atoms with Gasteiger partial charge < -0.3 is 10.1 Å². The van der Waals surface area contributed by atoms with Crippen molar-refractivity contribution < 1.29 is 4.74 Å². The Morgan fingerprint density at radius 1 is 1.32 bits per heavy atom. The van der Waals surface area contributed by atoms with Gasteiger partial charge in [-0.1, -0.05) is 40.7 Å². The maximum Gasteiger partial charge on any atom is 0.124 e. The zero-order valence-corrected chi connectivity index (χ0v) is 12.9. The van der Waals surface area contributed by atoms with Gasteiger partial charge in [0, 0.05) is 17.5 Å². The van der Waals surface area contributed by atoms with Crippen molar-refractivity contribution in [3.8, 4) is 5.75 Å². The first kappa shape index (κ1) is 14.4. The summed E-state index contributed by atoms with van der Waals surface area (Å²) in [5.41, 5.74) is 2.90. The molecule has 2 nitrogen and oxygen atoms in total. The van der Waals surface area contributed by atoms with Crippen LogP contribution in [0.25, 0.3) is 0 Å². The first-order chi connectivity index (χ1) is 8.93. The molecule has 0 aliphatic carbocycles. The molecule has 0 amide bonds. The quantitative estimate of drug-likeness (QED) is 0.886. The number of ether oxygens (including phenoxy) is 1. The summed E-state index contributed by atoms with van der Waals surface area (Å²) in [6, 6.07) is 7.10. The van der Waals surface area contributed by atoms with Crippen molar-refractivity contribution in [2.45, 2.75) is 52.5 Å². The maximum atomic E-state index is 5.87. The normalized spacial score (nSPS) is 22.8. The zero-order valence-electron chi connectivity index (χ0n) is 12.9. The largest absolute Gasteiger partial charge is 0.493 e. The number of nitrogens with one attached hydrogen (secondary N) is 1. The van der Waals surface area contributed by atoms with Crippen LogP contribution in [0.4, 0.5) is 0 Å². The third-order valence-corrected chi connectivity index (χ3v) is 3.90. The molecule has 2 unspecified atom stereocenters. The highest BCUT2D eigenvalue weighted by Crippen LogP contribution is 2.38. The van der Waals surface area contributed by atoms with Gasteiger partial charge in [-0.15, -0.1) is 0 Å². The van der Waals surface area contributed by atoms with E-state index in [1.165, 1.54) is 17.5 Å². The molecule has 2 heteroatoms. The minimum atomic E-state index is 0.186. The second kappa shape index (κ2) is 5.54. The molecular weight excluding hydrogens is 234 g/mol. The molecule has 1 aliphatic rings. The fraction of sp³-hybridized carbons (Fsp3) is 0.647. The van der Waals surface area contributed by atoms with Gasteiger partial charge in [-0.3, -0.25) is 0 Å². The summed E-state index contributed by atoms with van der Waals surface area (Å²) < 4.78 is 5.87. The van der Waals surface area contributed by atoms with E-state index < -0.39 is 0 Å². The highest BCUT2D eigenvalue weighted by Gasteiger charge is 2.28. The molecule has 19 heavy (non-hydrogen) atoms. The van der Waals surface area contributed by atoms with Crippen LogP contribution in [-0.4, -0.2) is 13.2 Å². The van der Waals surface area contributed by atoms with Crippen LogP contribution in [-0.2, 0) is 5.41 Å². The van der Waals surface area contributed by atoms with Gasteiger partial charge >= 0.3 is 0 Å². The van der Waals surface area contributed by atoms with E-state index >= 15 is 0 Å². The first-order valence-electron chi connectivity index (χ1n) is 7.44. The number of rotatable bonds is 3. The van der Waals surface area contributed by atoms with Gasteiger partial charge in [-0.2, -0.15) is 0 Å². The highest BCUT2D eigenvalue weighted by atomic mass is 16.5. The second-order valence-electron chi connectivity index (χ2n) is 6.72. The Morgan fingerprint density at radius 3 is 2.68 bits per heavy atom. The van der Waals surface area contributed by atoms with Crippen molar-refractivity contribution in [2.24, 2.45) is 5.92 Å². The zero-order chi connectivity index (χ0) is 14.0. The molecule has 0 aromatic heterocycles. The van der Waals surface area contributed by atoms with Gasteiger partial charge in [0.1, 0.15) is 5.75 Å². The Labute approximate surface area is 117 Å². The Hall–Kier alpha value is -1.02. The van der Waals surface area contributed by atoms with E-state index in [0.717, 1.165) is 18.9 Å². The lowest BCUT2D eigenvalue weighted by Gasteiger charge is -2.33. The molecule has 2 rings (SSSR count). The number of benzene rings is 1. The van der Waals surface area contributed by atoms with Crippen LogP contribution < -0.4 is 10.1 Å². The minimum absolute atomic E-state index is 0.186. The number of hydrogen-bond donors (Lipinski definition) is 1. The molecule has 2 atom stereocenters. The predicted molar refractivity (Wildman–Crippen MR) is 80.8 cm³/mol. The van der Waals surface area contributed by atoms with Crippen molar-refractivity contribution in [2.75, 3.05) is 13.2 Å². The SMILES string of the molecule is CCCNC1c2cc(C(C)(C)C)ccc2OCC1C. The lowest BCUT2D eigenvalue weighted by molar-refractivity contribution is 0.188. The van der Waals surface area contributed by atoms with Crippen LogP contribution in [0.1, 0.15) is 58.2 Å². The van der Waals surface area contributed by atoms with Crippen molar-refractivity contribution in [1.82, 2.24) is 5.32 Å². The third-order valence-electron chi connectivity index (χ3n) is 3.90. The molecule has 0 bridgehead atoms. The summed E-state index contributed by atoms with van der Waals surface area (Å²) in [6.07, 6.45) is 1.17. The smallest absolute Gasteiger partial charge is 0.124 e. The van der Waals surface area contributed by atoms with Crippen LogP contribution >= 0.6 is 0 Å². The summed E-state index contributed by atoms with van der Waals surface area (Å²) in [4.78, 5) is 0. The van der Waals surface area contributed by atoms with Gasteiger partial charge in [0.25, 0.3) is 0 Å². The standard InChI is InChI=1S/C17H27NO/c1-6-9-18-16-12(2)11-19-15-8-7-13(10-14(15)16)17(3,4)5/h7-8,10,12,16,18H,6,9,11H2,1-5H3. The van der Waals surface area contributed by atoms with Gasteiger partial charge in [-0.05, 0) is 36.1 Å². The van der Waals surface area contributed by atoms with Gasteiger partial charge in [0.15, 0.2) is 0 Å². The molecule has 0 radical (unpaired) electrons. The summed E-state index contributed by atoms with van der Waals surface area (Å²) in [7, 11) is 0. The van der Waals surface area contributed by atoms with Crippen LogP contribution in [0.2, 0.25) is 0 Å². The van der Waals surface area contributed by atoms with Crippen molar-refractivity contribution >= 4 is 0 Å². The summed E-state index contributed by atoms with van der Waals surface area (Å²) >= 11 is 0. The molecule has 0 fully saturated rings. The van der Waals surface area contributed by atoms with Crippen LogP contribution in [0.15, 0.2) is 18.2 Å². The average Bonchev–Trinajstić information content (AvgIpc) is 2.36. The van der Waals surface area contributed by atoms with E-state index in [0.29, 0.717) is 12.0 Å². The van der Waals surface area contributed by atoms with Crippen molar-refractivity contribution in [3.05, 3.63) is 29.3 Å². The fourth-order valence-corrected chi connectivity index (χ4v) is 2.62. The van der Waals surface area contributed by atoms with E-state index in [1.807, 2.05) is 0 Å². The maximum absolute atomic E-state index is 5.87. The summed E-state index contributed by atoms with van der Waals surface area (Å²) in [5.74, 6) is 1.58. The average molecular weight is 261 g/mol. The summed E-state index contributed by atoms with van der Waals surface area (Å²) in [5, 5.41) is 3.68. The first-order valence-corrected chi connectivity index (χ1v) is 7.44. The minimum Gasteiger partial charge on any atom is -0.493 e. The monoisotopic (exact) mass is 261 g/mol. The molecule has 1 aliphatic heterocycles. The van der Waals surface area contributed by atoms with E-state index in [2.05, 4.69) is 58.1 Å². The molecule has 0 saturated carbocycles. The Morgan fingerprint density at radius 2 is 2.05 bits per heavy atom. The number of fused-ring (bicyclic) bond motifs is 1. The molecule has 1 heterocycles. The van der Waals surface area contributed by atoms with Crippen LogP contribution in [0.5, 0.6) is 5.75 Å². The Bertz CT molecular complexity index is 433. The Balaban J connectivity index is 2.35. The topological polar surface area (TPSA) is 21.3 Å².